The van der Waals surface area contributed by atoms with Gasteiger partial charge in [-0.05, 0) is 18.6 Å². The molecule has 0 aliphatic carbocycles. The van der Waals surface area contributed by atoms with Gasteiger partial charge in [0.1, 0.15) is 0 Å². The smallest absolute Gasteiger partial charge is 0.0117 e. The van der Waals surface area contributed by atoms with Gasteiger partial charge in [-0.15, -0.1) is 0 Å². The lowest BCUT2D eigenvalue weighted by atomic mass is 10.3. The third-order valence-electron chi connectivity index (χ3n) is 0.760. The van der Waals surface area contributed by atoms with Crippen molar-refractivity contribution in [3.63, 3.8) is 0 Å². The minimum Gasteiger partial charge on any atom is -0.179 e. The molecule has 0 amide bonds. The van der Waals surface area contributed by atoms with Crippen molar-refractivity contribution in [2.24, 2.45) is 0 Å². The summed E-state index contributed by atoms with van der Waals surface area (Å²) < 4.78 is 0. The minimum absolute atomic E-state index is 0.666. The van der Waals surface area contributed by atoms with Gasteiger partial charge >= 0.3 is 0 Å². The van der Waals surface area contributed by atoms with Crippen LogP contribution in [0.1, 0.15) is 19.8 Å². The molecule has 0 aliphatic heterocycles. The first-order valence-electron chi connectivity index (χ1n) is 2.52. The molecule has 0 radical (unpaired) electrons. The Morgan fingerprint density at radius 1 is 1.71 bits per heavy atom. The standard InChI is InChI=1S/C5H11BrS/c1-5(6)3-2-4-7/h5,7H,2-4H2,1H3. The normalized spacial score (nSPS) is 14.1. The molecule has 0 nitrogen and oxygen atoms in total. The lowest BCUT2D eigenvalue weighted by molar-refractivity contribution is 0.806. The summed E-state index contributed by atoms with van der Waals surface area (Å²) >= 11 is 7.52. The predicted octanol–water partition coefficient (Wildman–Crippen LogP) is 2.48. The summed E-state index contributed by atoms with van der Waals surface area (Å²) in [4.78, 5) is 0.666. The zero-order valence-electron chi connectivity index (χ0n) is 4.52. The third kappa shape index (κ3) is 6.83. The van der Waals surface area contributed by atoms with Crippen LogP contribution in [0.15, 0.2) is 0 Å². The number of alkyl halides is 1. The molecule has 2 heteroatoms. The van der Waals surface area contributed by atoms with Crippen LogP contribution in [-0.2, 0) is 0 Å². The van der Waals surface area contributed by atoms with E-state index in [1.54, 1.807) is 0 Å². The summed E-state index contributed by atoms with van der Waals surface area (Å²) in [6, 6.07) is 0. The van der Waals surface area contributed by atoms with Gasteiger partial charge in [0.15, 0.2) is 0 Å². The first kappa shape index (κ1) is 7.83. The number of thiol groups is 1. The van der Waals surface area contributed by atoms with E-state index in [0.717, 1.165) is 5.75 Å². The molecule has 0 saturated heterocycles. The molecule has 7 heavy (non-hydrogen) atoms. The highest BCUT2D eigenvalue weighted by molar-refractivity contribution is 9.09. The second-order valence-electron chi connectivity index (χ2n) is 1.65. The van der Waals surface area contributed by atoms with Crippen LogP contribution in [0.25, 0.3) is 0 Å². The molecule has 0 spiro atoms. The van der Waals surface area contributed by atoms with Gasteiger partial charge in [-0.1, -0.05) is 22.9 Å². The van der Waals surface area contributed by atoms with Crippen molar-refractivity contribution in [3.05, 3.63) is 0 Å². The molecule has 0 heterocycles. The molecule has 1 atom stereocenters. The molecule has 0 bridgehead atoms. The van der Waals surface area contributed by atoms with Gasteiger partial charge in [0, 0.05) is 4.83 Å². The van der Waals surface area contributed by atoms with Gasteiger partial charge in [0.25, 0.3) is 0 Å². The molecule has 1 unspecified atom stereocenters. The van der Waals surface area contributed by atoms with Crippen LogP contribution in [0.3, 0.4) is 0 Å². The Balaban J connectivity index is 2.68. The van der Waals surface area contributed by atoms with E-state index in [0.29, 0.717) is 4.83 Å². The van der Waals surface area contributed by atoms with Gasteiger partial charge in [-0.2, -0.15) is 12.6 Å². The van der Waals surface area contributed by atoms with E-state index in [4.69, 9.17) is 0 Å². The summed E-state index contributed by atoms with van der Waals surface area (Å²) in [7, 11) is 0. The lowest BCUT2D eigenvalue weighted by Gasteiger charge is -1.96. The second-order valence-corrected chi connectivity index (χ2v) is 3.66. The van der Waals surface area contributed by atoms with Crippen molar-refractivity contribution in [3.8, 4) is 0 Å². The average Bonchev–Trinajstić information content (AvgIpc) is 1.61. The summed E-state index contributed by atoms with van der Waals surface area (Å²) in [5.41, 5.74) is 0. The van der Waals surface area contributed by atoms with E-state index in [1.165, 1.54) is 12.8 Å². The molecule has 0 aromatic heterocycles. The quantitative estimate of drug-likeness (QED) is 0.504. The highest BCUT2D eigenvalue weighted by Crippen LogP contribution is 2.05. The van der Waals surface area contributed by atoms with Crippen LogP contribution in [-0.4, -0.2) is 10.6 Å². The maximum absolute atomic E-state index is 4.07. The van der Waals surface area contributed by atoms with Crippen molar-refractivity contribution in [2.45, 2.75) is 24.6 Å². The van der Waals surface area contributed by atoms with Crippen molar-refractivity contribution in [1.82, 2.24) is 0 Å². The van der Waals surface area contributed by atoms with Crippen molar-refractivity contribution < 1.29 is 0 Å². The third-order valence-corrected chi connectivity index (χ3v) is 1.53. The Bertz CT molecular complexity index is 37.1. The summed E-state index contributed by atoms with van der Waals surface area (Å²) in [5, 5.41) is 0. The van der Waals surface area contributed by atoms with E-state index < -0.39 is 0 Å². The van der Waals surface area contributed by atoms with Crippen LogP contribution in [0, 0.1) is 0 Å². The molecule has 0 aromatic carbocycles. The molecule has 0 aliphatic rings. The van der Waals surface area contributed by atoms with Gasteiger partial charge in [0.2, 0.25) is 0 Å². The zero-order chi connectivity index (χ0) is 5.70. The zero-order valence-corrected chi connectivity index (χ0v) is 7.00. The molecule has 0 saturated carbocycles. The minimum atomic E-state index is 0.666. The Kier molecular flexibility index (Phi) is 5.57. The highest BCUT2D eigenvalue weighted by Gasteiger charge is 1.91. The van der Waals surface area contributed by atoms with Crippen LogP contribution in [0.4, 0.5) is 0 Å². The van der Waals surface area contributed by atoms with Crippen molar-refractivity contribution >= 4 is 28.6 Å². The van der Waals surface area contributed by atoms with Gasteiger partial charge < -0.3 is 0 Å². The first-order chi connectivity index (χ1) is 3.27. The summed E-state index contributed by atoms with van der Waals surface area (Å²) in [6.07, 6.45) is 2.46. The average molecular weight is 183 g/mol. The fourth-order valence-electron chi connectivity index (χ4n) is 0.373. The summed E-state index contributed by atoms with van der Waals surface area (Å²) in [6.45, 7) is 2.16. The maximum atomic E-state index is 4.07. The fraction of sp³-hybridized carbons (Fsp3) is 1.00. The van der Waals surface area contributed by atoms with Crippen LogP contribution in [0.2, 0.25) is 0 Å². The van der Waals surface area contributed by atoms with Crippen LogP contribution >= 0.6 is 28.6 Å². The monoisotopic (exact) mass is 182 g/mol. The van der Waals surface area contributed by atoms with E-state index in [1.807, 2.05) is 0 Å². The molecule has 0 aromatic rings. The number of rotatable bonds is 3. The molecular weight excluding hydrogens is 172 g/mol. The molecule has 0 fully saturated rings. The first-order valence-corrected chi connectivity index (χ1v) is 4.07. The Morgan fingerprint density at radius 2 is 2.29 bits per heavy atom. The lowest BCUT2D eigenvalue weighted by Crippen LogP contribution is -1.88. The van der Waals surface area contributed by atoms with E-state index >= 15 is 0 Å². The molecule has 44 valence electrons. The SMILES string of the molecule is CC(Br)CCCS. The predicted molar refractivity (Wildman–Crippen MR) is 41.5 cm³/mol. The Morgan fingerprint density at radius 3 is 2.43 bits per heavy atom. The van der Waals surface area contributed by atoms with Gasteiger partial charge in [0.05, 0.1) is 0 Å². The molecule has 0 rings (SSSR count). The fourth-order valence-corrected chi connectivity index (χ4v) is 0.879. The highest BCUT2D eigenvalue weighted by atomic mass is 79.9. The van der Waals surface area contributed by atoms with Gasteiger partial charge in [-0.3, -0.25) is 0 Å². The summed E-state index contributed by atoms with van der Waals surface area (Å²) in [5.74, 6) is 1.01. The molecular formula is C5H11BrS. The van der Waals surface area contributed by atoms with Crippen molar-refractivity contribution in [1.29, 1.82) is 0 Å². The largest absolute Gasteiger partial charge is 0.179 e. The van der Waals surface area contributed by atoms with E-state index in [9.17, 15) is 0 Å². The van der Waals surface area contributed by atoms with E-state index in [-0.39, 0.29) is 0 Å². The van der Waals surface area contributed by atoms with Gasteiger partial charge in [-0.25, -0.2) is 0 Å². The second kappa shape index (κ2) is 4.98. The maximum Gasteiger partial charge on any atom is 0.0117 e. The molecule has 0 N–H and O–H groups in total. The van der Waals surface area contributed by atoms with Crippen LogP contribution in [0.5, 0.6) is 0 Å². The Hall–Kier alpha value is 0.830. The Labute approximate surface area is 59.2 Å². The number of hydrogen-bond acceptors (Lipinski definition) is 1. The topological polar surface area (TPSA) is 0 Å². The van der Waals surface area contributed by atoms with E-state index in [2.05, 4.69) is 35.5 Å². The van der Waals surface area contributed by atoms with Crippen LogP contribution < -0.4 is 0 Å². The van der Waals surface area contributed by atoms with Crippen molar-refractivity contribution in [2.75, 3.05) is 5.75 Å². The number of halogens is 1. The number of hydrogen-bond donors (Lipinski definition) is 1.